The quantitative estimate of drug-likeness (QED) is 0.538. The lowest BCUT2D eigenvalue weighted by molar-refractivity contribution is 0.0733. The predicted molar refractivity (Wildman–Crippen MR) is 122 cm³/mol. The molecule has 5 nitrogen and oxygen atoms in total. The zero-order valence-electron chi connectivity index (χ0n) is 16.7. The minimum atomic E-state index is -0.0318. The molecule has 1 amide bonds. The Morgan fingerprint density at radius 1 is 1.17 bits per heavy atom. The van der Waals surface area contributed by atoms with Gasteiger partial charge in [-0.15, -0.1) is 0 Å². The Bertz CT molecular complexity index is 1020. The van der Waals surface area contributed by atoms with Gasteiger partial charge in [-0.05, 0) is 48.4 Å². The lowest BCUT2D eigenvalue weighted by atomic mass is 10.0. The highest BCUT2D eigenvalue weighted by Gasteiger charge is 2.25. The fourth-order valence-electron chi connectivity index (χ4n) is 3.60. The fraction of sp³-hybridized carbons (Fsp3) is 0.318. The maximum Gasteiger partial charge on any atom is 0.254 e. The highest BCUT2D eigenvalue weighted by atomic mass is 35.5. The second kappa shape index (κ2) is 9.53. The summed E-state index contributed by atoms with van der Waals surface area (Å²) in [5.41, 5.74) is 10.3. The summed E-state index contributed by atoms with van der Waals surface area (Å²) < 4.78 is 0. The lowest BCUT2D eigenvalue weighted by Crippen LogP contribution is -2.35. The number of anilines is 1. The summed E-state index contributed by atoms with van der Waals surface area (Å²) in [6.45, 7) is 6.33. The summed E-state index contributed by atoms with van der Waals surface area (Å²) >= 11 is 12.3. The minimum Gasteiger partial charge on any atom is -0.384 e. The van der Waals surface area contributed by atoms with Crippen molar-refractivity contribution in [2.45, 2.75) is 26.8 Å². The van der Waals surface area contributed by atoms with Crippen LogP contribution in [0.4, 0.5) is 5.69 Å². The van der Waals surface area contributed by atoms with Crippen molar-refractivity contribution in [1.82, 2.24) is 9.88 Å². The summed E-state index contributed by atoms with van der Waals surface area (Å²) in [5.74, 6) is -0.0318. The van der Waals surface area contributed by atoms with Crippen LogP contribution in [0.2, 0.25) is 10.0 Å². The molecule has 0 spiro atoms. The number of fused-ring (bicyclic) bond motifs is 3. The van der Waals surface area contributed by atoms with E-state index in [0.717, 1.165) is 33.7 Å². The molecule has 0 aliphatic carbocycles. The van der Waals surface area contributed by atoms with Crippen LogP contribution in [-0.2, 0) is 13.0 Å². The van der Waals surface area contributed by atoms with Gasteiger partial charge in [0, 0.05) is 57.5 Å². The Hall–Kier alpha value is -2.21. The summed E-state index contributed by atoms with van der Waals surface area (Å²) in [7, 11) is 0. The predicted octanol–water partition coefficient (Wildman–Crippen LogP) is 5.07. The maximum atomic E-state index is 13.0. The molecule has 1 aliphatic heterocycles. The van der Waals surface area contributed by atoms with Gasteiger partial charge >= 0.3 is 0 Å². The number of aromatic nitrogens is 1. The molecule has 3 aromatic rings. The Balaban J connectivity index is 0.00000117. The molecule has 4 rings (SSSR count). The van der Waals surface area contributed by atoms with E-state index in [4.69, 9.17) is 28.9 Å². The molecule has 4 N–H and O–H groups in total. The van der Waals surface area contributed by atoms with Crippen molar-refractivity contribution in [2.24, 2.45) is 5.73 Å². The lowest BCUT2D eigenvalue weighted by Gasteiger charge is -2.27. The van der Waals surface area contributed by atoms with Gasteiger partial charge in [0.2, 0.25) is 0 Å². The molecule has 1 aliphatic rings. The molecular formula is C22H26Cl2N4O. The molecule has 1 aromatic heterocycles. The molecule has 0 bridgehead atoms. The monoisotopic (exact) mass is 432 g/mol. The molecule has 0 saturated carbocycles. The van der Waals surface area contributed by atoms with E-state index >= 15 is 0 Å². The first-order valence-electron chi connectivity index (χ1n) is 9.88. The normalized spacial score (nSPS) is 12.9. The number of nitrogens with zero attached hydrogens (tertiary/aromatic N) is 1. The van der Waals surface area contributed by atoms with Crippen LogP contribution < -0.4 is 11.1 Å². The van der Waals surface area contributed by atoms with Crippen molar-refractivity contribution >= 4 is 45.7 Å². The second-order valence-electron chi connectivity index (χ2n) is 6.69. The van der Waals surface area contributed by atoms with Gasteiger partial charge in [-0.2, -0.15) is 0 Å². The van der Waals surface area contributed by atoms with Crippen LogP contribution in [0.25, 0.3) is 10.9 Å². The smallest absolute Gasteiger partial charge is 0.254 e. The highest BCUT2D eigenvalue weighted by Crippen LogP contribution is 2.30. The third kappa shape index (κ3) is 4.69. The molecule has 0 radical (unpaired) electrons. The van der Waals surface area contributed by atoms with Crippen LogP contribution in [0.5, 0.6) is 0 Å². The van der Waals surface area contributed by atoms with Gasteiger partial charge in [-0.1, -0.05) is 37.0 Å². The average Bonchev–Trinajstić information content (AvgIpc) is 3.09. The standard InChI is InChI=1S/C20H20Cl2N4O.C2H6/c21-13-1-2-18-17(10-13)16-3-6-26(11-19(16)25-18)20(27)12-7-14(22)9-15(8-12)24-5-4-23;1-2/h1-2,7-10,24-25H,3-6,11,23H2;1-2H3. The van der Waals surface area contributed by atoms with Gasteiger partial charge in [0.05, 0.1) is 6.54 Å². The van der Waals surface area contributed by atoms with Crippen LogP contribution in [-0.4, -0.2) is 35.4 Å². The summed E-state index contributed by atoms with van der Waals surface area (Å²) in [4.78, 5) is 18.3. The number of rotatable bonds is 4. The third-order valence-corrected chi connectivity index (χ3v) is 5.30. The van der Waals surface area contributed by atoms with E-state index in [-0.39, 0.29) is 5.91 Å². The minimum absolute atomic E-state index is 0.0318. The molecule has 29 heavy (non-hydrogen) atoms. The van der Waals surface area contributed by atoms with Crippen LogP contribution in [0.3, 0.4) is 0 Å². The van der Waals surface area contributed by atoms with Crippen molar-refractivity contribution in [2.75, 3.05) is 25.0 Å². The molecule has 0 fully saturated rings. The number of aromatic amines is 1. The van der Waals surface area contributed by atoms with E-state index in [9.17, 15) is 4.79 Å². The SMILES string of the molecule is CC.NCCNc1cc(Cl)cc(C(=O)N2CCc3c([nH]c4ccc(Cl)cc34)C2)c1. The van der Waals surface area contributed by atoms with Gasteiger partial charge in [0.15, 0.2) is 0 Å². The Labute approximate surface area is 181 Å². The third-order valence-electron chi connectivity index (χ3n) is 4.84. The number of H-pyrrole nitrogens is 1. The first kappa shape index (κ1) is 21.5. The number of hydrogen-bond acceptors (Lipinski definition) is 3. The van der Waals surface area contributed by atoms with E-state index in [1.807, 2.05) is 43.0 Å². The van der Waals surface area contributed by atoms with Gasteiger partial charge in [-0.3, -0.25) is 4.79 Å². The largest absolute Gasteiger partial charge is 0.384 e. The molecule has 2 heterocycles. The van der Waals surface area contributed by atoms with Crippen molar-refractivity contribution in [3.63, 3.8) is 0 Å². The number of amides is 1. The zero-order valence-corrected chi connectivity index (χ0v) is 18.2. The first-order valence-corrected chi connectivity index (χ1v) is 10.6. The summed E-state index contributed by atoms with van der Waals surface area (Å²) in [5, 5.41) is 5.56. The number of carbonyl (C=O) groups is 1. The highest BCUT2D eigenvalue weighted by molar-refractivity contribution is 6.31. The van der Waals surface area contributed by atoms with Crippen LogP contribution in [0.1, 0.15) is 35.5 Å². The number of halogens is 2. The van der Waals surface area contributed by atoms with Crippen LogP contribution >= 0.6 is 23.2 Å². The van der Waals surface area contributed by atoms with Crippen LogP contribution in [0, 0.1) is 0 Å². The van der Waals surface area contributed by atoms with Gasteiger partial charge in [0.1, 0.15) is 0 Å². The Kier molecular flexibility index (Phi) is 7.06. The number of nitrogens with two attached hydrogens (primary N) is 1. The first-order chi connectivity index (χ1) is 14.0. The molecular weight excluding hydrogens is 407 g/mol. The fourth-order valence-corrected chi connectivity index (χ4v) is 4.01. The van der Waals surface area contributed by atoms with Crippen molar-refractivity contribution in [1.29, 1.82) is 0 Å². The van der Waals surface area contributed by atoms with Gasteiger partial charge < -0.3 is 20.9 Å². The summed E-state index contributed by atoms with van der Waals surface area (Å²) in [6, 6.07) is 11.2. The Morgan fingerprint density at radius 3 is 2.72 bits per heavy atom. The maximum absolute atomic E-state index is 13.0. The average molecular weight is 433 g/mol. The molecule has 7 heteroatoms. The molecule has 0 saturated heterocycles. The van der Waals surface area contributed by atoms with Gasteiger partial charge in [0.25, 0.3) is 5.91 Å². The van der Waals surface area contributed by atoms with E-state index in [0.29, 0.717) is 36.8 Å². The van der Waals surface area contributed by atoms with E-state index < -0.39 is 0 Å². The van der Waals surface area contributed by atoms with Crippen molar-refractivity contribution in [3.8, 4) is 0 Å². The molecule has 2 aromatic carbocycles. The van der Waals surface area contributed by atoms with E-state index in [1.165, 1.54) is 5.56 Å². The second-order valence-corrected chi connectivity index (χ2v) is 7.57. The number of benzene rings is 2. The molecule has 0 atom stereocenters. The summed E-state index contributed by atoms with van der Waals surface area (Å²) in [6.07, 6.45) is 0.792. The zero-order chi connectivity index (χ0) is 21.0. The number of hydrogen-bond donors (Lipinski definition) is 3. The molecule has 0 unspecified atom stereocenters. The Morgan fingerprint density at radius 2 is 1.97 bits per heavy atom. The molecule has 154 valence electrons. The van der Waals surface area contributed by atoms with Crippen LogP contribution in [0.15, 0.2) is 36.4 Å². The number of nitrogens with one attached hydrogen (secondary N) is 2. The van der Waals surface area contributed by atoms with Crippen molar-refractivity contribution in [3.05, 3.63) is 63.3 Å². The van der Waals surface area contributed by atoms with E-state index in [2.05, 4.69) is 10.3 Å². The number of carbonyl (C=O) groups excluding carboxylic acids is 1. The van der Waals surface area contributed by atoms with Crippen molar-refractivity contribution < 1.29 is 4.79 Å². The van der Waals surface area contributed by atoms with Gasteiger partial charge in [-0.25, -0.2) is 0 Å². The topological polar surface area (TPSA) is 74.2 Å². The van der Waals surface area contributed by atoms with E-state index in [1.54, 1.807) is 12.1 Å².